The summed E-state index contributed by atoms with van der Waals surface area (Å²) in [6, 6.07) is 7.76. The van der Waals surface area contributed by atoms with Gasteiger partial charge in [-0.15, -0.1) is 0 Å². The van der Waals surface area contributed by atoms with Crippen LogP contribution in [0.2, 0.25) is 0 Å². The van der Waals surface area contributed by atoms with E-state index in [0.29, 0.717) is 31.9 Å². The summed E-state index contributed by atoms with van der Waals surface area (Å²) < 4.78 is 5.27. The van der Waals surface area contributed by atoms with Crippen LogP contribution in [0.3, 0.4) is 0 Å². The summed E-state index contributed by atoms with van der Waals surface area (Å²) in [6.45, 7) is 2.67. The average Bonchev–Trinajstić information content (AvgIpc) is 2.54. The zero-order valence-electron chi connectivity index (χ0n) is 11.9. The topological polar surface area (TPSA) is 66.5 Å². The molecule has 3 rings (SSSR count). The van der Waals surface area contributed by atoms with Gasteiger partial charge in [-0.3, -0.25) is 10.2 Å². The fraction of sp³-hybridized carbons (Fsp3) is 0.333. The number of fused-ring (bicyclic) bond motifs is 1. The molecule has 1 fully saturated rings. The minimum atomic E-state index is -0.136. The summed E-state index contributed by atoms with van der Waals surface area (Å²) >= 11 is 0. The number of carbonyl (C=O) groups is 1. The second kappa shape index (κ2) is 6.07. The molecular formula is C15H18N4O2. The summed E-state index contributed by atoms with van der Waals surface area (Å²) in [5.41, 5.74) is 3.50. The van der Waals surface area contributed by atoms with Gasteiger partial charge >= 0.3 is 0 Å². The summed E-state index contributed by atoms with van der Waals surface area (Å²) in [5, 5.41) is 6.76. The lowest BCUT2D eigenvalue weighted by molar-refractivity contribution is 0.0126. The van der Waals surface area contributed by atoms with E-state index in [9.17, 15) is 4.79 Å². The van der Waals surface area contributed by atoms with Crippen molar-refractivity contribution in [2.24, 2.45) is 0 Å². The van der Waals surface area contributed by atoms with Gasteiger partial charge in [0.2, 0.25) is 0 Å². The van der Waals surface area contributed by atoms with E-state index < -0.39 is 0 Å². The number of amides is 1. The van der Waals surface area contributed by atoms with Crippen molar-refractivity contribution >= 4 is 22.5 Å². The molecule has 6 nitrogen and oxygen atoms in total. The maximum Gasteiger partial charge on any atom is 0.267 e. The number of benzene rings is 1. The van der Waals surface area contributed by atoms with Crippen LogP contribution in [0.1, 0.15) is 10.4 Å². The van der Waals surface area contributed by atoms with Gasteiger partial charge in [-0.1, -0.05) is 24.3 Å². The Morgan fingerprint density at radius 1 is 1.24 bits per heavy atom. The zero-order valence-corrected chi connectivity index (χ0v) is 11.9. The van der Waals surface area contributed by atoms with Gasteiger partial charge in [0.1, 0.15) is 5.82 Å². The van der Waals surface area contributed by atoms with E-state index >= 15 is 0 Å². The first-order chi connectivity index (χ1) is 10.3. The van der Waals surface area contributed by atoms with Gasteiger partial charge in [0, 0.05) is 31.7 Å². The molecule has 0 aliphatic carbocycles. The third kappa shape index (κ3) is 2.81. The minimum absolute atomic E-state index is 0.136. The predicted molar refractivity (Wildman–Crippen MR) is 81.1 cm³/mol. The van der Waals surface area contributed by atoms with Crippen LogP contribution in [0.5, 0.6) is 0 Å². The van der Waals surface area contributed by atoms with E-state index in [-0.39, 0.29) is 5.91 Å². The highest BCUT2D eigenvalue weighted by atomic mass is 16.5. The zero-order chi connectivity index (χ0) is 14.7. The molecule has 2 aromatic rings. The smallest absolute Gasteiger partial charge is 0.267 e. The van der Waals surface area contributed by atoms with Crippen LogP contribution in [0.4, 0.5) is 5.82 Å². The molecule has 1 saturated heterocycles. The molecule has 1 amide bonds. The first-order valence-electron chi connectivity index (χ1n) is 6.99. The SMILES string of the molecule is CNc1ncc(C(=O)NN2CCOCC2)c2ccccc12. The van der Waals surface area contributed by atoms with Crippen LogP contribution in [0.25, 0.3) is 10.8 Å². The molecule has 1 aliphatic heterocycles. The Morgan fingerprint density at radius 3 is 2.67 bits per heavy atom. The van der Waals surface area contributed by atoms with E-state index in [4.69, 9.17) is 4.74 Å². The van der Waals surface area contributed by atoms with Gasteiger partial charge in [-0.25, -0.2) is 9.99 Å². The Balaban J connectivity index is 1.91. The molecule has 0 unspecified atom stereocenters. The average molecular weight is 286 g/mol. The number of hydrogen-bond donors (Lipinski definition) is 2. The maximum absolute atomic E-state index is 12.5. The molecular weight excluding hydrogens is 268 g/mol. The predicted octanol–water partition coefficient (Wildman–Crippen LogP) is 1.25. The maximum atomic E-state index is 12.5. The van der Waals surface area contributed by atoms with Crippen molar-refractivity contribution in [2.45, 2.75) is 0 Å². The van der Waals surface area contributed by atoms with Gasteiger partial charge in [0.15, 0.2) is 0 Å². The normalized spacial score (nSPS) is 15.9. The number of rotatable bonds is 3. The van der Waals surface area contributed by atoms with E-state index in [1.54, 1.807) is 6.20 Å². The molecule has 0 radical (unpaired) electrons. The Bertz CT molecular complexity index is 653. The molecule has 2 heterocycles. The summed E-state index contributed by atoms with van der Waals surface area (Å²) in [6.07, 6.45) is 1.62. The number of hydrazine groups is 1. The lowest BCUT2D eigenvalue weighted by Gasteiger charge is -2.27. The lowest BCUT2D eigenvalue weighted by atomic mass is 10.1. The molecule has 6 heteroatoms. The monoisotopic (exact) mass is 286 g/mol. The largest absolute Gasteiger partial charge is 0.379 e. The van der Waals surface area contributed by atoms with Crippen molar-refractivity contribution in [3.8, 4) is 0 Å². The number of morpholine rings is 1. The van der Waals surface area contributed by atoms with Crippen LogP contribution in [-0.4, -0.2) is 49.3 Å². The van der Waals surface area contributed by atoms with Gasteiger partial charge in [-0.05, 0) is 5.39 Å². The molecule has 0 bridgehead atoms. The molecule has 1 aliphatic rings. The standard InChI is InChI=1S/C15H18N4O2/c1-16-14-12-5-3-2-4-11(12)13(10-17-14)15(20)18-19-6-8-21-9-7-19/h2-5,10H,6-9H2,1H3,(H,16,17)(H,18,20). The Hall–Kier alpha value is -2.18. The first-order valence-corrected chi connectivity index (χ1v) is 6.99. The Kier molecular flexibility index (Phi) is 3.98. The third-order valence-electron chi connectivity index (χ3n) is 3.55. The fourth-order valence-electron chi connectivity index (χ4n) is 2.45. The van der Waals surface area contributed by atoms with Crippen molar-refractivity contribution in [2.75, 3.05) is 38.7 Å². The van der Waals surface area contributed by atoms with Gasteiger partial charge in [-0.2, -0.15) is 0 Å². The first kappa shape index (κ1) is 13.8. The minimum Gasteiger partial charge on any atom is -0.379 e. The number of hydrogen-bond acceptors (Lipinski definition) is 5. The van der Waals surface area contributed by atoms with E-state index in [1.165, 1.54) is 0 Å². The molecule has 21 heavy (non-hydrogen) atoms. The number of nitrogens with one attached hydrogen (secondary N) is 2. The number of anilines is 1. The molecule has 1 aromatic heterocycles. The van der Waals surface area contributed by atoms with E-state index in [1.807, 2.05) is 36.3 Å². The van der Waals surface area contributed by atoms with Gasteiger partial charge in [0.25, 0.3) is 5.91 Å². The molecule has 0 atom stereocenters. The highest BCUT2D eigenvalue weighted by molar-refractivity contribution is 6.09. The lowest BCUT2D eigenvalue weighted by Crippen LogP contribution is -2.48. The van der Waals surface area contributed by atoms with Crippen molar-refractivity contribution in [3.05, 3.63) is 36.0 Å². The highest BCUT2D eigenvalue weighted by Crippen LogP contribution is 2.24. The van der Waals surface area contributed by atoms with Crippen LogP contribution < -0.4 is 10.7 Å². The fourth-order valence-corrected chi connectivity index (χ4v) is 2.45. The van der Waals surface area contributed by atoms with Crippen LogP contribution in [-0.2, 0) is 4.74 Å². The number of nitrogens with zero attached hydrogens (tertiary/aromatic N) is 2. The molecule has 110 valence electrons. The number of carbonyl (C=O) groups excluding carboxylic acids is 1. The Labute approximate surface area is 123 Å². The van der Waals surface area contributed by atoms with Crippen molar-refractivity contribution in [1.82, 2.24) is 15.4 Å². The number of ether oxygens (including phenoxy) is 1. The number of pyridine rings is 1. The van der Waals surface area contributed by atoms with Crippen LogP contribution in [0, 0.1) is 0 Å². The van der Waals surface area contributed by atoms with Gasteiger partial charge in [0.05, 0.1) is 18.8 Å². The molecule has 1 aromatic carbocycles. The van der Waals surface area contributed by atoms with E-state index in [2.05, 4.69) is 15.7 Å². The molecule has 0 saturated carbocycles. The quantitative estimate of drug-likeness (QED) is 0.889. The molecule has 0 spiro atoms. The van der Waals surface area contributed by atoms with Crippen molar-refractivity contribution < 1.29 is 9.53 Å². The second-order valence-electron chi connectivity index (χ2n) is 4.86. The second-order valence-corrected chi connectivity index (χ2v) is 4.86. The summed E-state index contributed by atoms with van der Waals surface area (Å²) in [4.78, 5) is 16.8. The summed E-state index contributed by atoms with van der Waals surface area (Å²) in [7, 11) is 1.82. The van der Waals surface area contributed by atoms with Crippen molar-refractivity contribution in [1.29, 1.82) is 0 Å². The van der Waals surface area contributed by atoms with E-state index in [0.717, 1.165) is 16.6 Å². The molecule has 2 N–H and O–H groups in total. The number of aromatic nitrogens is 1. The van der Waals surface area contributed by atoms with Crippen LogP contribution in [0.15, 0.2) is 30.5 Å². The van der Waals surface area contributed by atoms with Gasteiger partial charge < -0.3 is 10.1 Å². The highest BCUT2D eigenvalue weighted by Gasteiger charge is 2.17. The third-order valence-corrected chi connectivity index (χ3v) is 3.55. The summed E-state index contributed by atoms with van der Waals surface area (Å²) in [5.74, 6) is 0.636. The Morgan fingerprint density at radius 2 is 1.95 bits per heavy atom. The van der Waals surface area contributed by atoms with Crippen LogP contribution >= 0.6 is 0 Å². The van der Waals surface area contributed by atoms with Crippen molar-refractivity contribution in [3.63, 3.8) is 0 Å².